The van der Waals surface area contributed by atoms with Gasteiger partial charge < -0.3 is 9.32 Å². The van der Waals surface area contributed by atoms with Crippen molar-refractivity contribution in [2.75, 3.05) is 4.90 Å². The van der Waals surface area contributed by atoms with Gasteiger partial charge in [-0.2, -0.15) is 0 Å². The molecule has 0 N–H and O–H groups in total. The number of benzene rings is 10. The van der Waals surface area contributed by atoms with Crippen LogP contribution >= 0.6 is 0 Å². The first kappa shape index (κ1) is 26.2. The van der Waals surface area contributed by atoms with Gasteiger partial charge in [-0.25, -0.2) is 0 Å². The first-order valence-electron chi connectivity index (χ1n) is 23.2. The van der Waals surface area contributed by atoms with Crippen molar-refractivity contribution in [1.82, 2.24) is 0 Å². The molecule has 11 aromatic rings. The molecule has 0 unspecified atom stereocenters. The van der Waals surface area contributed by atoms with E-state index in [2.05, 4.69) is 24.3 Å². The Bertz CT molecular complexity index is 3720. The zero-order valence-corrected chi connectivity index (χ0v) is 31.1. The smallest absolute Gasteiger partial charge is 0.136 e. The van der Waals surface area contributed by atoms with Gasteiger partial charge in [-0.3, -0.25) is 0 Å². The van der Waals surface area contributed by atoms with Crippen LogP contribution in [0.1, 0.15) is 11.0 Å². The topological polar surface area (TPSA) is 16.4 Å². The summed E-state index contributed by atoms with van der Waals surface area (Å²) in [5.74, 6) is 0. The monoisotopic (exact) mass is 747 g/mol. The van der Waals surface area contributed by atoms with Gasteiger partial charge in [-0.15, -0.1) is 0 Å². The van der Waals surface area contributed by atoms with Crippen LogP contribution in [0.5, 0.6) is 0 Å². The van der Waals surface area contributed by atoms with Crippen LogP contribution in [-0.4, -0.2) is 0 Å². The van der Waals surface area contributed by atoms with Crippen LogP contribution in [0.4, 0.5) is 17.1 Å². The molecule has 0 saturated heterocycles. The van der Waals surface area contributed by atoms with Gasteiger partial charge in [0.2, 0.25) is 0 Å². The molecule has 0 atom stereocenters. The third-order valence-corrected chi connectivity index (χ3v) is 10.9. The zero-order chi connectivity index (χ0) is 45.4. The Morgan fingerprint density at radius 3 is 1.97 bits per heavy atom. The highest BCUT2D eigenvalue weighted by Gasteiger charge is 2.22. The van der Waals surface area contributed by atoms with Crippen LogP contribution in [-0.2, 0) is 0 Å². The molecule has 1 aromatic heterocycles. The van der Waals surface area contributed by atoms with Crippen molar-refractivity contribution in [1.29, 1.82) is 0 Å². The van der Waals surface area contributed by atoms with Gasteiger partial charge in [-0.1, -0.05) is 176 Å². The summed E-state index contributed by atoms with van der Waals surface area (Å²) in [7, 11) is 0. The second-order valence-corrected chi connectivity index (χ2v) is 14.2. The van der Waals surface area contributed by atoms with E-state index in [1.54, 1.807) is 4.90 Å². The van der Waals surface area contributed by atoms with E-state index in [4.69, 9.17) is 8.53 Å². The molecule has 2 nitrogen and oxygen atoms in total. The predicted octanol–water partition coefficient (Wildman–Crippen LogP) is 16.0. The van der Waals surface area contributed by atoms with E-state index in [9.17, 15) is 6.85 Å². The molecule has 0 spiro atoms. The summed E-state index contributed by atoms with van der Waals surface area (Å²) in [5, 5.41) is 5.79. The highest BCUT2D eigenvalue weighted by molar-refractivity contribution is 6.19. The maximum Gasteiger partial charge on any atom is 0.136 e. The maximum atomic E-state index is 10.2. The molecule has 58 heavy (non-hydrogen) atoms. The molecule has 0 bridgehead atoms. The lowest BCUT2D eigenvalue weighted by molar-refractivity contribution is 0.669. The molecule has 272 valence electrons. The van der Waals surface area contributed by atoms with E-state index in [1.165, 1.54) is 0 Å². The Kier molecular flexibility index (Phi) is 6.38. The van der Waals surface area contributed by atoms with Crippen LogP contribution in [0.15, 0.2) is 229 Å². The molecule has 10 aromatic carbocycles. The van der Waals surface area contributed by atoms with E-state index in [1.807, 2.05) is 152 Å². The van der Waals surface area contributed by atoms with Gasteiger partial charge >= 0.3 is 0 Å². The molecule has 0 radical (unpaired) electrons. The Morgan fingerprint density at radius 1 is 0.379 bits per heavy atom. The Morgan fingerprint density at radius 2 is 1.09 bits per heavy atom. The van der Waals surface area contributed by atoms with Crippen molar-refractivity contribution in [3.8, 4) is 44.5 Å². The summed E-state index contributed by atoms with van der Waals surface area (Å²) in [6.45, 7) is 0. The first-order chi connectivity index (χ1) is 32.1. The average molecular weight is 748 g/mol. The number of para-hydroxylation sites is 2. The summed E-state index contributed by atoms with van der Waals surface area (Å²) in [4.78, 5) is 1.80. The molecular formula is C56H37NO. The average Bonchev–Trinajstić information content (AvgIpc) is 3.75. The fourth-order valence-electron chi connectivity index (χ4n) is 8.16. The zero-order valence-electron chi connectivity index (χ0n) is 39.1. The van der Waals surface area contributed by atoms with Crippen LogP contribution in [0.2, 0.25) is 0 Å². The minimum absolute atomic E-state index is 0.0286. The van der Waals surface area contributed by atoms with Gasteiger partial charge in [0.05, 0.1) is 22.3 Å². The second-order valence-electron chi connectivity index (χ2n) is 14.2. The molecular weight excluding hydrogens is 703 g/mol. The van der Waals surface area contributed by atoms with E-state index >= 15 is 0 Å². The number of hydrogen-bond acceptors (Lipinski definition) is 2. The largest absolute Gasteiger partial charge is 0.456 e. The van der Waals surface area contributed by atoms with Crippen LogP contribution in [0, 0.1) is 0 Å². The summed E-state index contributed by atoms with van der Waals surface area (Å²) < 4.78 is 81.1. The van der Waals surface area contributed by atoms with Gasteiger partial charge in [0.1, 0.15) is 11.2 Å². The van der Waals surface area contributed by atoms with E-state index in [0.29, 0.717) is 16.9 Å². The molecule has 0 saturated carbocycles. The molecule has 0 aliphatic carbocycles. The van der Waals surface area contributed by atoms with Crippen molar-refractivity contribution in [2.24, 2.45) is 0 Å². The molecule has 0 aliphatic rings. The molecule has 11 rings (SSSR count). The summed E-state index contributed by atoms with van der Waals surface area (Å²) in [6, 6.07) is 53.3. The first-order valence-corrected chi connectivity index (χ1v) is 19.2. The number of furan rings is 1. The molecule has 0 amide bonds. The number of rotatable bonds is 7. The SMILES string of the molecule is [2H]c1c([2H])c([2H])c(-c2c([2H])c(-c3ccc4c(ccc5oc6ccccc6c54)c3)c([2H])c([2H])c2N(c2ccc(-c3cccc4ccccc34)cc2)c2ccccc2-c2ccccc2)c([2H])c1[2H]. The molecule has 1 heterocycles. The third-order valence-electron chi connectivity index (χ3n) is 10.9. The fraction of sp³-hybridized carbons (Fsp3) is 0. The highest BCUT2D eigenvalue weighted by atomic mass is 16.3. The molecule has 2 heteroatoms. The van der Waals surface area contributed by atoms with Crippen LogP contribution < -0.4 is 4.90 Å². The lowest BCUT2D eigenvalue weighted by Crippen LogP contribution is -2.12. The fourth-order valence-corrected chi connectivity index (χ4v) is 8.16. The summed E-state index contributed by atoms with van der Waals surface area (Å²) in [5.41, 5.74) is 6.53. The van der Waals surface area contributed by atoms with Gasteiger partial charge in [0.25, 0.3) is 0 Å². The predicted molar refractivity (Wildman–Crippen MR) is 245 cm³/mol. The minimum Gasteiger partial charge on any atom is -0.456 e. The normalized spacial score (nSPS) is 13.4. The number of nitrogens with zero attached hydrogens (tertiary/aromatic N) is 1. The summed E-state index contributed by atoms with van der Waals surface area (Å²) in [6.07, 6.45) is 0. The number of anilines is 3. The lowest BCUT2D eigenvalue weighted by Gasteiger charge is -2.30. The van der Waals surface area contributed by atoms with Crippen molar-refractivity contribution in [3.63, 3.8) is 0 Å². The quantitative estimate of drug-likeness (QED) is 0.161. The molecule has 0 aliphatic heterocycles. The van der Waals surface area contributed by atoms with Gasteiger partial charge in [-0.05, 0) is 103 Å². The van der Waals surface area contributed by atoms with E-state index in [-0.39, 0.29) is 40.5 Å². The Hall–Kier alpha value is -7.68. The maximum absolute atomic E-state index is 10.2. The van der Waals surface area contributed by atoms with Gasteiger partial charge in [0.15, 0.2) is 0 Å². The number of fused-ring (bicyclic) bond motifs is 6. The van der Waals surface area contributed by atoms with E-state index < -0.39 is 30.2 Å². The molecule has 0 fully saturated rings. The van der Waals surface area contributed by atoms with Crippen LogP contribution in [0.25, 0.3) is 88.0 Å². The van der Waals surface area contributed by atoms with Crippen molar-refractivity contribution in [3.05, 3.63) is 224 Å². The number of hydrogen-bond donors (Lipinski definition) is 0. The van der Waals surface area contributed by atoms with Crippen molar-refractivity contribution >= 4 is 60.5 Å². The lowest BCUT2D eigenvalue weighted by atomic mass is 9.93. The van der Waals surface area contributed by atoms with Crippen molar-refractivity contribution < 1.29 is 15.4 Å². The van der Waals surface area contributed by atoms with Crippen LogP contribution in [0.3, 0.4) is 0 Å². The standard InChI is InChI=1S/C56H37NO/c1-3-14-39(15-4-1)48-21-9-11-24-52(48)57(45-31-26-41(27-32-45)47-23-13-19-38-18-7-8-20-46(38)47)53-34-29-43(37-51(53)40-16-5-2-6-17-40)42-28-33-49-44(36-42)30-35-55-56(49)50-22-10-12-25-54(50)58-55/h1-37H/i2D,5D,6D,16D,17D,29D,34D,37D. The highest BCUT2D eigenvalue weighted by Crippen LogP contribution is 2.47. The minimum atomic E-state index is -0.576. The second kappa shape index (κ2) is 14.1. The Balaban J connectivity index is 1.21. The summed E-state index contributed by atoms with van der Waals surface area (Å²) >= 11 is 0. The van der Waals surface area contributed by atoms with Gasteiger partial charge in [0, 0.05) is 27.6 Å². The third kappa shape index (κ3) is 5.82. The van der Waals surface area contributed by atoms with E-state index in [0.717, 1.165) is 65.7 Å². The Labute approximate surface area is 348 Å². The van der Waals surface area contributed by atoms with Crippen molar-refractivity contribution in [2.45, 2.75) is 0 Å².